The fraction of sp³-hybridized carbons (Fsp3) is 0.571. The highest BCUT2D eigenvalue weighted by Gasteiger charge is 2.46. The molecule has 0 bridgehead atoms. The number of methoxy groups -OCH3 is 1. The summed E-state index contributed by atoms with van der Waals surface area (Å²) in [4.78, 5) is 0. The largest absolute Gasteiger partial charge is 0.496 e. The summed E-state index contributed by atoms with van der Waals surface area (Å²) < 4.78 is 5.34. The van der Waals surface area contributed by atoms with Crippen LogP contribution in [0.25, 0.3) is 0 Å². The van der Waals surface area contributed by atoms with Crippen LogP contribution in [0.5, 0.6) is 5.75 Å². The lowest BCUT2D eigenvalue weighted by Gasteiger charge is -2.49. The lowest BCUT2D eigenvalue weighted by atomic mass is 9.67. The van der Waals surface area contributed by atoms with Crippen molar-refractivity contribution in [3.63, 3.8) is 0 Å². The van der Waals surface area contributed by atoms with Crippen LogP contribution >= 0.6 is 11.6 Å². The minimum atomic E-state index is 0.184. The molecule has 94 valence electrons. The molecule has 0 heterocycles. The molecule has 2 atom stereocenters. The third kappa shape index (κ3) is 2.43. The van der Waals surface area contributed by atoms with Gasteiger partial charge in [0.25, 0.3) is 0 Å². The van der Waals surface area contributed by atoms with Crippen LogP contribution in [0.2, 0.25) is 0 Å². The van der Waals surface area contributed by atoms with Gasteiger partial charge >= 0.3 is 0 Å². The van der Waals surface area contributed by atoms with E-state index in [1.54, 1.807) is 7.11 Å². The van der Waals surface area contributed by atoms with Crippen LogP contribution in [0.1, 0.15) is 25.8 Å². The van der Waals surface area contributed by atoms with Crippen molar-refractivity contribution in [2.75, 3.05) is 7.11 Å². The SMILES string of the molecule is COc1ccccc1CNC1CC(Cl)C1(C)C. The molecule has 0 radical (unpaired) electrons. The summed E-state index contributed by atoms with van der Waals surface area (Å²) in [5.41, 5.74) is 1.38. The Morgan fingerprint density at radius 2 is 2.12 bits per heavy atom. The maximum Gasteiger partial charge on any atom is 0.123 e. The molecular weight excluding hydrogens is 234 g/mol. The summed E-state index contributed by atoms with van der Waals surface area (Å²) in [6.07, 6.45) is 1.05. The molecule has 1 aliphatic carbocycles. The van der Waals surface area contributed by atoms with Gasteiger partial charge in [0.1, 0.15) is 5.75 Å². The van der Waals surface area contributed by atoms with Crippen molar-refractivity contribution in [3.05, 3.63) is 29.8 Å². The van der Waals surface area contributed by atoms with Gasteiger partial charge in [-0.2, -0.15) is 0 Å². The van der Waals surface area contributed by atoms with Crippen molar-refractivity contribution in [2.24, 2.45) is 5.41 Å². The molecule has 1 aliphatic rings. The second-order valence-electron chi connectivity index (χ2n) is 5.27. The molecule has 0 saturated heterocycles. The van der Waals surface area contributed by atoms with Gasteiger partial charge in [-0.15, -0.1) is 11.6 Å². The second kappa shape index (κ2) is 4.87. The Kier molecular flexibility index (Phi) is 3.64. The fourth-order valence-electron chi connectivity index (χ4n) is 2.30. The number of nitrogens with one attached hydrogen (secondary N) is 1. The maximum atomic E-state index is 6.21. The van der Waals surface area contributed by atoms with E-state index >= 15 is 0 Å². The zero-order valence-electron chi connectivity index (χ0n) is 10.7. The summed E-state index contributed by atoms with van der Waals surface area (Å²) in [6.45, 7) is 5.27. The average molecular weight is 254 g/mol. The van der Waals surface area contributed by atoms with Crippen LogP contribution in [0.15, 0.2) is 24.3 Å². The van der Waals surface area contributed by atoms with Crippen molar-refractivity contribution >= 4 is 11.6 Å². The fourth-order valence-corrected chi connectivity index (χ4v) is 2.63. The first-order valence-corrected chi connectivity index (χ1v) is 6.48. The normalized spacial score (nSPS) is 26.4. The van der Waals surface area contributed by atoms with Crippen LogP contribution in [0, 0.1) is 5.41 Å². The summed E-state index contributed by atoms with van der Waals surface area (Å²) in [5.74, 6) is 0.944. The number of rotatable bonds is 4. The molecular formula is C14H20ClNO. The molecule has 0 aliphatic heterocycles. The molecule has 2 nitrogen and oxygen atoms in total. The smallest absolute Gasteiger partial charge is 0.123 e. The standard InChI is InChI=1S/C14H20ClNO/c1-14(2)12(15)8-13(14)16-9-10-6-4-5-7-11(10)17-3/h4-7,12-13,16H,8-9H2,1-3H3. The lowest BCUT2D eigenvalue weighted by Crippen LogP contribution is -2.57. The van der Waals surface area contributed by atoms with E-state index in [1.807, 2.05) is 18.2 Å². The molecule has 2 rings (SSSR count). The minimum absolute atomic E-state index is 0.184. The Morgan fingerprint density at radius 1 is 1.41 bits per heavy atom. The monoisotopic (exact) mass is 253 g/mol. The van der Waals surface area contributed by atoms with Crippen LogP contribution in [0.3, 0.4) is 0 Å². The second-order valence-corrected chi connectivity index (χ2v) is 5.80. The van der Waals surface area contributed by atoms with Crippen molar-refractivity contribution < 1.29 is 4.74 Å². The van der Waals surface area contributed by atoms with E-state index in [-0.39, 0.29) is 10.8 Å². The molecule has 1 fully saturated rings. The van der Waals surface area contributed by atoms with Gasteiger partial charge in [0, 0.05) is 23.5 Å². The van der Waals surface area contributed by atoms with Crippen molar-refractivity contribution in [2.45, 2.75) is 38.2 Å². The Bertz CT molecular complexity index is 392. The van der Waals surface area contributed by atoms with Crippen molar-refractivity contribution in [3.8, 4) is 5.75 Å². The first kappa shape index (κ1) is 12.7. The number of para-hydroxylation sites is 1. The topological polar surface area (TPSA) is 21.3 Å². The Labute approximate surface area is 108 Å². The van der Waals surface area contributed by atoms with E-state index < -0.39 is 0 Å². The van der Waals surface area contributed by atoms with Crippen molar-refractivity contribution in [1.29, 1.82) is 0 Å². The van der Waals surface area contributed by atoms with Gasteiger partial charge in [0.05, 0.1) is 7.11 Å². The van der Waals surface area contributed by atoms with E-state index in [0.717, 1.165) is 18.7 Å². The van der Waals surface area contributed by atoms with Gasteiger partial charge in [-0.25, -0.2) is 0 Å². The Morgan fingerprint density at radius 3 is 2.71 bits per heavy atom. The van der Waals surface area contributed by atoms with E-state index in [1.165, 1.54) is 5.56 Å². The van der Waals surface area contributed by atoms with Gasteiger partial charge in [-0.05, 0) is 17.9 Å². The van der Waals surface area contributed by atoms with Crippen LogP contribution in [-0.4, -0.2) is 18.5 Å². The first-order chi connectivity index (χ1) is 8.05. The predicted octanol–water partition coefficient (Wildman–Crippen LogP) is 3.19. The summed E-state index contributed by atoms with van der Waals surface area (Å²) in [7, 11) is 1.71. The number of halogens is 1. The Hall–Kier alpha value is -0.730. The molecule has 3 heteroatoms. The molecule has 0 spiro atoms. The van der Waals surface area contributed by atoms with Crippen LogP contribution < -0.4 is 10.1 Å². The number of alkyl halides is 1. The van der Waals surface area contributed by atoms with Gasteiger partial charge in [0.15, 0.2) is 0 Å². The minimum Gasteiger partial charge on any atom is -0.496 e. The van der Waals surface area contributed by atoms with Crippen LogP contribution in [-0.2, 0) is 6.54 Å². The zero-order chi connectivity index (χ0) is 12.5. The number of ether oxygens (including phenoxy) is 1. The zero-order valence-corrected chi connectivity index (χ0v) is 11.4. The summed E-state index contributed by atoms with van der Waals surface area (Å²) in [6, 6.07) is 8.61. The molecule has 1 N–H and O–H groups in total. The van der Waals surface area contributed by atoms with Crippen LogP contribution in [0.4, 0.5) is 0 Å². The highest BCUT2D eigenvalue weighted by Crippen LogP contribution is 2.44. The van der Waals surface area contributed by atoms with E-state index in [4.69, 9.17) is 16.3 Å². The summed E-state index contributed by atoms with van der Waals surface area (Å²) >= 11 is 6.21. The highest BCUT2D eigenvalue weighted by molar-refractivity contribution is 6.21. The van der Waals surface area contributed by atoms with Gasteiger partial charge in [0.2, 0.25) is 0 Å². The number of hydrogen-bond acceptors (Lipinski definition) is 2. The van der Waals surface area contributed by atoms with Gasteiger partial charge in [-0.3, -0.25) is 0 Å². The van der Waals surface area contributed by atoms with Crippen molar-refractivity contribution in [1.82, 2.24) is 5.32 Å². The molecule has 1 saturated carbocycles. The quantitative estimate of drug-likeness (QED) is 0.833. The predicted molar refractivity (Wildman–Crippen MR) is 71.7 cm³/mol. The average Bonchev–Trinajstić information content (AvgIpc) is 2.34. The van der Waals surface area contributed by atoms with E-state index in [0.29, 0.717) is 6.04 Å². The number of benzene rings is 1. The Balaban J connectivity index is 1.95. The molecule has 0 aromatic heterocycles. The highest BCUT2D eigenvalue weighted by atomic mass is 35.5. The number of hydrogen-bond donors (Lipinski definition) is 1. The lowest BCUT2D eigenvalue weighted by molar-refractivity contribution is 0.115. The van der Waals surface area contributed by atoms with E-state index in [9.17, 15) is 0 Å². The maximum absolute atomic E-state index is 6.21. The molecule has 1 aromatic rings. The third-order valence-electron chi connectivity index (χ3n) is 3.88. The molecule has 1 aromatic carbocycles. The van der Waals surface area contributed by atoms with E-state index in [2.05, 4.69) is 25.2 Å². The summed E-state index contributed by atoms with van der Waals surface area (Å²) in [5, 5.41) is 3.86. The third-order valence-corrected chi connectivity index (χ3v) is 4.62. The van der Waals surface area contributed by atoms with Gasteiger partial charge < -0.3 is 10.1 Å². The molecule has 0 amide bonds. The molecule has 17 heavy (non-hydrogen) atoms. The molecule has 2 unspecified atom stereocenters. The van der Waals surface area contributed by atoms with Gasteiger partial charge in [-0.1, -0.05) is 32.0 Å². The first-order valence-electron chi connectivity index (χ1n) is 6.05.